The van der Waals surface area contributed by atoms with Gasteiger partial charge in [0.1, 0.15) is 0 Å². The molecule has 0 aromatic carbocycles. The van der Waals surface area contributed by atoms with Crippen molar-refractivity contribution in [1.29, 1.82) is 0 Å². The van der Waals surface area contributed by atoms with E-state index in [1.807, 2.05) is 0 Å². The molecule has 2 heterocycles. The summed E-state index contributed by atoms with van der Waals surface area (Å²) in [5.41, 5.74) is 0.967. The van der Waals surface area contributed by atoms with Gasteiger partial charge in [-0.1, -0.05) is 0 Å². The van der Waals surface area contributed by atoms with E-state index in [0.29, 0.717) is 6.04 Å². The Hall–Kier alpha value is -0.370. The third kappa shape index (κ3) is 0.791. The number of aliphatic imine (C=N–C) groups is 1. The highest BCUT2D eigenvalue weighted by Crippen LogP contribution is 2.46. The molecule has 11 heavy (non-hydrogen) atoms. The van der Waals surface area contributed by atoms with Gasteiger partial charge in [-0.25, -0.2) is 0 Å². The summed E-state index contributed by atoms with van der Waals surface area (Å²) in [6.07, 6.45) is 5.28. The van der Waals surface area contributed by atoms with Gasteiger partial charge >= 0.3 is 0 Å². The second-order valence-electron chi connectivity index (χ2n) is 4.46. The smallest absolute Gasteiger partial charge is 0.0722 e. The number of hydrogen-bond acceptors (Lipinski definition) is 2. The van der Waals surface area contributed by atoms with E-state index in [-0.39, 0.29) is 5.60 Å². The largest absolute Gasteiger partial charge is 0.389 e. The molecule has 0 saturated heterocycles. The van der Waals surface area contributed by atoms with E-state index in [0.717, 1.165) is 25.2 Å². The van der Waals surface area contributed by atoms with Crippen molar-refractivity contribution in [2.24, 2.45) is 10.9 Å². The fourth-order valence-electron chi connectivity index (χ4n) is 3.15. The summed E-state index contributed by atoms with van der Waals surface area (Å²) >= 11 is 0. The first kappa shape index (κ1) is 6.18. The topological polar surface area (TPSA) is 32.6 Å². The lowest BCUT2D eigenvalue weighted by Crippen LogP contribution is -2.50. The SMILES string of the molecule is OC12CC3=NC(CC(C3)C1)C2. The minimum Gasteiger partial charge on any atom is -0.389 e. The summed E-state index contributed by atoms with van der Waals surface area (Å²) in [5.74, 6) is 0.764. The molecule has 3 unspecified atom stereocenters. The van der Waals surface area contributed by atoms with Gasteiger partial charge in [-0.3, -0.25) is 4.99 Å². The predicted octanol–water partition coefficient (Wildman–Crippen LogP) is 1.13. The molecule has 3 atom stereocenters. The van der Waals surface area contributed by atoms with Crippen molar-refractivity contribution < 1.29 is 5.11 Å². The Kier molecular flexibility index (Phi) is 0.947. The van der Waals surface area contributed by atoms with E-state index in [2.05, 4.69) is 4.99 Å². The van der Waals surface area contributed by atoms with E-state index in [1.54, 1.807) is 0 Å². The Morgan fingerprint density at radius 1 is 1.45 bits per heavy atom. The molecule has 0 radical (unpaired) electrons. The second kappa shape index (κ2) is 1.69. The van der Waals surface area contributed by atoms with Gasteiger partial charge in [0, 0.05) is 12.1 Å². The molecule has 4 rings (SSSR count). The van der Waals surface area contributed by atoms with E-state index >= 15 is 0 Å². The van der Waals surface area contributed by atoms with Crippen LogP contribution in [0.3, 0.4) is 0 Å². The zero-order valence-electron chi connectivity index (χ0n) is 6.58. The number of nitrogens with zero attached hydrogens (tertiary/aromatic N) is 1. The summed E-state index contributed by atoms with van der Waals surface area (Å²) in [5, 5.41) is 10.0. The van der Waals surface area contributed by atoms with Crippen LogP contribution in [0.25, 0.3) is 0 Å². The number of hydrogen-bond donors (Lipinski definition) is 1. The Bertz CT molecular complexity index is 236. The van der Waals surface area contributed by atoms with E-state index < -0.39 is 0 Å². The van der Waals surface area contributed by atoms with Crippen molar-refractivity contribution in [2.45, 2.75) is 43.7 Å². The van der Waals surface area contributed by atoms with Gasteiger partial charge < -0.3 is 5.11 Å². The lowest BCUT2D eigenvalue weighted by Gasteiger charge is -2.48. The summed E-state index contributed by atoms with van der Waals surface area (Å²) in [6.45, 7) is 0. The van der Waals surface area contributed by atoms with E-state index in [1.165, 1.54) is 18.6 Å². The Morgan fingerprint density at radius 3 is 3.00 bits per heavy atom. The molecular weight excluding hydrogens is 138 g/mol. The number of rotatable bonds is 0. The first-order valence-corrected chi connectivity index (χ1v) is 4.51. The molecule has 0 aromatic rings. The van der Waals surface area contributed by atoms with Gasteiger partial charge in [-0.15, -0.1) is 0 Å². The van der Waals surface area contributed by atoms with Crippen LogP contribution in [-0.4, -0.2) is 22.5 Å². The third-order valence-corrected chi connectivity index (χ3v) is 3.31. The van der Waals surface area contributed by atoms with Gasteiger partial charge in [0.05, 0.1) is 11.6 Å². The second-order valence-corrected chi connectivity index (χ2v) is 4.46. The van der Waals surface area contributed by atoms with Crippen molar-refractivity contribution in [3.05, 3.63) is 0 Å². The molecule has 1 N–H and O–H groups in total. The van der Waals surface area contributed by atoms with Crippen LogP contribution in [0.4, 0.5) is 0 Å². The fourth-order valence-corrected chi connectivity index (χ4v) is 3.15. The molecule has 2 aliphatic heterocycles. The zero-order chi connectivity index (χ0) is 7.47. The molecule has 2 aliphatic carbocycles. The molecule has 0 aromatic heterocycles. The average Bonchev–Trinajstić information content (AvgIpc) is 1.79. The van der Waals surface area contributed by atoms with Crippen molar-refractivity contribution in [1.82, 2.24) is 0 Å². The van der Waals surface area contributed by atoms with Gasteiger partial charge in [-0.2, -0.15) is 0 Å². The molecule has 0 amide bonds. The molecule has 2 nitrogen and oxygen atoms in total. The van der Waals surface area contributed by atoms with Crippen molar-refractivity contribution in [3.63, 3.8) is 0 Å². The highest BCUT2D eigenvalue weighted by molar-refractivity contribution is 5.88. The van der Waals surface area contributed by atoms with Gasteiger partial charge in [0.25, 0.3) is 0 Å². The summed E-state index contributed by atoms with van der Waals surface area (Å²) in [7, 11) is 0. The van der Waals surface area contributed by atoms with E-state index in [4.69, 9.17) is 0 Å². The quantitative estimate of drug-likeness (QED) is 0.553. The van der Waals surface area contributed by atoms with Crippen LogP contribution in [-0.2, 0) is 0 Å². The molecule has 4 aliphatic rings. The maximum Gasteiger partial charge on any atom is 0.0722 e. The zero-order valence-corrected chi connectivity index (χ0v) is 6.58. The molecule has 4 bridgehead atoms. The Balaban J connectivity index is 2.06. The van der Waals surface area contributed by atoms with Crippen molar-refractivity contribution in [3.8, 4) is 0 Å². The van der Waals surface area contributed by atoms with Crippen molar-refractivity contribution >= 4 is 5.71 Å². The van der Waals surface area contributed by atoms with Crippen LogP contribution >= 0.6 is 0 Å². The van der Waals surface area contributed by atoms with Crippen LogP contribution in [0.2, 0.25) is 0 Å². The highest BCUT2D eigenvalue weighted by atomic mass is 16.3. The Morgan fingerprint density at radius 2 is 2.36 bits per heavy atom. The Labute approximate surface area is 66.3 Å². The maximum absolute atomic E-state index is 10.0. The first-order valence-electron chi connectivity index (χ1n) is 4.51. The standard InChI is InChI=1S/C9H13NO/c11-9-3-6-1-7(4-9)10-8(2-6)5-9/h6-7,11H,1-5H2. The average molecular weight is 151 g/mol. The molecule has 2 saturated carbocycles. The lowest BCUT2D eigenvalue weighted by atomic mass is 9.64. The predicted molar refractivity (Wildman–Crippen MR) is 42.7 cm³/mol. The van der Waals surface area contributed by atoms with Crippen LogP contribution in [0, 0.1) is 5.92 Å². The van der Waals surface area contributed by atoms with Crippen LogP contribution in [0.15, 0.2) is 4.99 Å². The van der Waals surface area contributed by atoms with Gasteiger partial charge in [0.15, 0.2) is 0 Å². The van der Waals surface area contributed by atoms with Crippen molar-refractivity contribution in [2.75, 3.05) is 0 Å². The minimum absolute atomic E-state index is 0.330. The van der Waals surface area contributed by atoms with Crippen LogP contribution < -0.4 is 0 Å². The molecular formula is C9H13NO. The highest BCUT2D eigenvalue weighted by Gasteiger charge is 2.47. The lowest BCUT2D eigenvalue weighted by molar-refractivity contribution is -0.0328. The van der Waals surface area contributed by atoms with Gasteiger partial charge in [0.2, 0.25) is 0 Å². The first-order chi connectivity index (χ1) is 5.23. The normalized spacial score (nSPS) is 53.0. The van der Waals surface area contributed by atoms with Gasteiger partial charge in [-0.05, 0) is 31.6 Å². The fraction of sp³-hybridized carbons (Fsp3) is 0.889. The monoisotopic (exact) mass is 151 g/mol. The minimum atomic E-state index is -0.330. The number of aliphatic hydroxyl groups is 1. The third-order valence-electron chi connectivity index (χ3n) is 3.31. The van der Waals surface area contributed by atoms with Crippen LogP contribution in [0.5, 0.6) is 0 Å². The summed E-state index contributed by atoms with van der Waals surface area (Å²) < 4.78 is 0. The summed E-state index contributed by atoms with van der Waals surface area (Å²) in [6, 6.07) is 0.483. The molecule has 2 heteroatoms. The molecule has 60 valence electrons. The maximum atomic E-state index is 10.0. The van der Waals surface area contributed by atoms with Crippen LogP contribution in [0.1, 0.15) is 32.1 Å². The molecule has 2 fully saturated rings. The van der Waals surface area contributed by atoms with E-state index in [9.17, 15) is 5.11 Å². The summed E-state index contributed by atoms with van der Waals surface area (Å²) in [4.78, 5) is 4.57. The molecule has 0 spiro atoms.